The van der Waals surface area contributed by atoms with E-state index in [4.69, 9.17) is 14.2 Å². The van der Waals surface area contributed by atoms with Gasteiger partial charge >= 0.3 is 0 Å². The molecule has 35 heavy (non-hydrogen) atoms. The number of hydrogen-bond acceptors (Lipinski definition) is 8. The molecule has 0 aliphatic rings. The van der Waals surface area contributed by atoms with Gasteiger partial charge in [0, 0.05) is 12.3 Å². The Morgan fingerprint density at radius 2 is 1.80 bits per heavy atom. The van der Waals surface area contributed by atoms with E-state index in [-0.39, 0.29) is 16.3 Å². The van der Waals surface area contributed by atoms with Gasteiger partial charge in [0.05, 0.1) is 43.3 Å². The summed E-state index contributed by atoms with van der Waals surface area (Å²) in [6, 6.07) is 15.8. The number of amides is 1. The standard InChI is InChI=1S/C24H26N4O6S/c1-4-34-20-10-8-19(9-11-20)28(17-24(29)27-26-16-18-7-5-6-14-25-18)35(30,31)21-12-13-22(32-2)23(15-21)33-3/h5-16H,4,17H2,1-3H3,(H,27,29)/b26-16-. The monoisotopic (exact) mass is 498 g/mol. The van der Waals surface area contributed by atoms with Crippen LogP contribution in [0.5, 0.6) is 17.2 Å². The summed E-state index contributed by atoms with van der Waals surface area (Å²) < 4.78 is 44.1. The predicted octanol–water partition coefficient (Wildman–Crippen LogP) is 2.84. The highest BCUT2D eigenvalue weighted by Crippen LogP contribution is 2.32. The van der Waals surface area contributed by atoms with Crippen LogP contribution in [0.3, 0.4) is 0 Å². The molecule has 1 N–H and O–H groups in total. The summed E-state index contributed by atoms with van der Waals surface area (Å²) in [6.45, 7) is 1.78. The van der Waals surface area contributed by atoms with Crippen molar-refractivity contribution in [3.63, 3.8) is 0 Å². The normalized spacial score (nSPS) is 11.2. The second kappa shape index (κ2) is 11.8. The van der Waals surface area contributed by atoms with Gasteiger partial charge in [-0.15, -0.1) is 0 Å². The van der Waals surface area contributed by atoms with E-state index in [1.54, 1.807) is 48.7 Å². The van der Waals surface area contributed by atoms with Gasteiger partial charge in [-0.1, -0.05) is 6.07 Å². The minimum absolute atomic E-state index is 0.0752. The van der Waals surface area contributed by atoms with Crippen molar-refractivity contribution in [2.45, 2.75) is 11.8 Å². The quantitative estimate of drug-likeness (QED) is 0.319. The van der Waals surface area contributed by atoms with Crippen LogP contribution in [0.2, 0.25) is 0 Å². The Balaban J connectivity index is 1.91. The summed E-state index contributed by atoms with van der Waals surface area (Å²) in [5, 5.41) is 3.87. The molecule has 0 aliphatic carbocycles. The van der Waals surface area contributed by atoms with Gasteiger partial charge in [-0.3, -0.25) is 14.1 Å². The summed E-state index contributed by atoms with van der Waals surface area (Å²) in [7, 11) is -1.32. The van der Waals surface area contributed by atoms with Crippen molar-refractivity contribution < 1.29 is 27.4 Å². The number of hydrogen-bond donors (Lipinski definition) is 1. The van der Waals surface area contributed by atoms with E-state index in [1.165, 1.54) is 38.6 Å². The number of hydrazone groups is 1. The molecule has 0 spiro atoms. The molecule has 2 aromatic carbocycles. The van der Waals surface area contributed by atoms with Crippen LogP contribution in [-0.2, 0) is 14.8 Å². The summed E-state index contributed by atoms with van der Waals surface area (Å²) in [5.74, 6) is 0.546. The highest BCUT2D eigenvalue weighted by molar-refractivity contribution is 7.92. The van der Waals surface area contributed by atoms with E-state index in [0.29, 0.717) is 23.8 Å². The zero-order valence-electron chi connectivity index (χ0n) is 19.5. The van der Waals surface area contributed by atoms with Crippen molar-refractivity contribution in [2.24, 2.45) is 5.10 Å². The van der Waals surface area contributed by atoms with Gasteiger partial charge in [-0.2, -0.15) is 5.10 Å². The van der Waals surface area contributed by atoms with Gasteiger partial charge in [0.25, 0.3) is 15.9 Å². The van der Waals surface area contributed by atoms with Crippen LogP contribution in [0.4, 0.5) is 5.69 Å². The first-order valence-electron chi connectivity index (χ1n) is 10.6. The number of pyridine rings is 1. The van der Waals surface area contributed by atoms with Gasteiger partial charge in [0.15, 0.2) is 11.5 Å². The van der Waals surface area contributed by atoms with E-state index in [1.807, 2.05) is 6.92 Å². The number of carbonyl (C=O) groups is 1. The molecule has 0 unspecified atom stereocenters. The fourth-order valence-corrected chi connectivity index (χ4v) is 4.52. The SMILES string of the molecule is CCOc1ccc(N(CC(=O)N/N=C\c2ccccn2)S(=O)(=O)c2ccc(OC)c(OC)c2)cc1. The number of benzene rings is 2. The lowest BCUT2D eigenvalue weighted by Crippen LogP contribution is -2.39. The van der Waals surface area contributed by atoms with Crippen LogP contribution in [0.25, 0.3) is 0 Å². The number of sulfonamides is 1. The van der Waals surface area contributed by atoms with E-state index < -0.39 is 22.5 Å². The molecule has 0 atom stereocenters. The van der Waals surface area contributed by atoms with E-state index in [0.717, 1.165) is 4.31 Å². The Kier molecular flexibility index (Phi) is 8.63. The predicted molar refractivity (Wildman–Crippen MR) is 132 cm³/mol. The molecular formula is C24H26N4O6S. The minimum Gasteiger partial charge on any atom is -0.494 e. The summed E-state index contributed by atoms with van der Waals surface area (Å²) >= 11 is 0. The topological polar surface area (TPSA) is 119 Å². The van der Waals surface area contributed by atoms with Gasteiger partial charge in [-0.05, 0) is 55.5 Å². The minimum atomic E-state index is -4.18. The average Bonchev–Trinajstić information content (AvgIpc) is 2.88. The second-order valence-corrected chi connectivity index (χ2v) is 8.87. The van der Waals surface area contributed by atoms with Crippen LogP contribution >= 0.6 is 0 Å². The number of aromatic nitrogens is 1. The van der Waals surface area contributed by atoms with Crippen molar-refractivity contribution in [3.8, 4) is 17.2 Å². The number of nitrogens with zero attached hydrogens (tertiary/aromatic N) is 3. The first kappa shape index (κ1) is 25.5. The number of carbonyl (C=O) groups excluding carboxylic acids is 1. The van der Waals surface area contributed by atoms with Crippen LogP contribution < -0.4 is 23.9 Å². The number of methoxy groups -OCH3 is 2. The lowest BCUT2D eigenvalue weighted by atomic mass is 10.3. The smallest absolute Gasteiger partial charge is 0.264 e. The summed E-state index contributed by atoms with van der Waals surface area (Å²) in [6.07, 6.45) is 2.95. The van der Waals surface area contributed by atoms with Crippen LogP contribution in [0.1, 0.15) is 12.6 Å². The summed E-state index contributed by atoms with van der Waals surface area (Å²) in [5.41, 5.74) is 3.15. The van der Waals surface area contributed by atoms with Crippen molar-refractivity contribution >= 4 is 27.8 Å². The summed E-state index contributed by atoms with van der Waals surface area (Å²) in [4.78, 5) is 16.7. The van der Waals surface area contributed by atoms with Crippen molar-refractivity contribution in [3.05, 3.63) is 72.6 Å². The maximum atomic E-state index is 13.6. The molecule has 0 radical (unpaired) electrons. The van der Waals surface area contributed by atoms with Gasteiger partial charge < -0.3 is 14.2 Å². The highest BCUT2D eigenvalue weighted by Gasteiger charge is 2.28. The second-order valence-electron chi connectivity index (χ2n) is 7.00. The van der Waals surface area contributed by atoms with E-state index >= 15 is 0 Å². The Bertz CT molecular complexity index is 1260. The maximum absolute atomic E-state index is 13.6. The zero-order chi connectivity index (χ0) is 25.3. The number of anilines is 1. The van der Waals surface area contributed by atoms with Crippen LogP contribution in [0.15, 0.2) is 76.9 Å². The molecule has 3 rings (SSSR count). The lowest BCUT2D eigenvalue weighted by molar-refractivity contribution is -0.119. The largest absolute Gasteiger partial charge is 0.494 e. The first-order valence-corrected chi connectivity index (χ1v) is 12.0. The molecule has 184 valence electrons. The molecule has 0 saturated heterocycles. The third-order valence-corrected chi connectivity index (χ3v) is 6.51. The Morgan fingerprint density at radius 3 is 2.43 bits per heavy atom. The molecule has 1 aromatic heterocycles. The molecule has 10 nitrogen and oxygen atoms in total. The Labute approximate surface area is 204 Å². The lowest BCUT2D eigenvalue weighted by Gasteiger charge is -2.24. The highest BCUT2D eigenvalue weighted by atomic mass is 32.2. The third kappa shape index (κ3) is 6.48. The van der Waals surface area contributed by atoms with Crippen molar-refractivity contribution in [1.82, 2.24) is 10.4 Å². The third-order valence-electron chi connectivity index (χ3n) is 4.74. The molecule has 0 saturated carbocycles. The molecule has 1 heterocycles. The van der Waals surface area contributed by atoms with Gasteiger partial charge in [-0.25, -0.2) is 13.8 Å². The van der Waals surface area contributed by atoms with Crippen LogP contribution in [0, 0.1) is 0 Å². The Morgan fingerprint density at radius 1 is 1.06 bits per heavy atom. The zero-order valence-corrected chi connectivity index (χ0v) is 20.4. The first-order chi connectivity index (χ1) is 16.9. The molecule has 1 amide bonds. The number of nitrogens with one attached hydrogen (secondary N) is 1. The van der Waals surface area contributed by atoms with Gasteiger partial charge in [0.2, 0.25) is 0 Å². The van der Waals surface area contributed by atoms with Crippen molar-refractivity contribution in [2.75, 3.05) is 31.7 Å². The molecule has 3 aromatic rings. The van der Waals surface area contributed by atoms with Crippen molar-refractivity contribution in [1.29, 1.82) is 0 Å². The number of ether oxygens (including phenoxy) is 3. The number of rotatable bonds is 11. The molecule has 11 heteroatoms. The van der Waals surface area contributed by atoms with E-state index in [2.05, 4.69) is 15.5 Å². The fourth-order valence-electron chi connectivity index (χ4n) is 3.08. The maximum Gasteiger partial charge on any atom is 0.264 e. The molecule has 0 aliphatic heterocycles. The Hall–Kier alpha value is -4.12. The van der Waals surface area contributed by atoms with Gasteiger partial charge in [0.1, 0.15) is 12.3 Å². The average molecular weight is 499 g/mol. The fraction of sp³-hybridized carbons (Fsp3) is 0.208. The van der Waals surface area contributed by atoms with Crippen LogP contribution in [-0.4, -0.2) is 52.9 Å². The van der Waals surface area contributed by atoms with E-state index in [9.17, 15) is 13.2 Å². The molecule has 0 bridgehead atoms. The molecule has 0 fully saturated rings. The molecular weight excluding hydrogens is 472 g/mol.